The van der Waals surface area contributed by atoms with Gasteiger partial charge in [0.15, 0.2) is 0 Å². The zero-order valence-corrected chi connectivity index (χ0v) is 21.6. The third-order valence-corrected chi connectivity index (χ3v) is 7.85. The maximum Gasteiger partial charge on any atom is 0.245 e. The summed E-state index contributed by atoms with van der Waals surface area (Å²) >= 11 is 0. The van der Waals surface area contributed by atoms with Gasteiger partial charge in [0.2, 0.25) is 5.91 Å². The molecule has 3 atom stereocenters. The number of benzene rings is 2. The van der Waals surface area contributed by atoms with Gasteiger partial charge in [-0.25, -0.2) is 4.39 Å². The molecule has 0 radical (unpaired) electrons. The van der Waals surface area contributed by atoms with Crippen LogP contribution in [-0.2, 0) is 11.3 Å². The standard InChI is InChI=1S/C29H40FN5O/c1-21-18-33(19-22(2)31-21)20-23-8-10-27(11-9-23)35-14-4-7-28(35)29(36)34-15-12-25(13-16-34)32-26-6-3-5-24(30)17-26/h3,5-6,8-11,17,21-22,25,28,31-32H,4,7,12-16,18-20H2,1-2H3/t21-,22+,28?. The fourth-order valence-corrected chi connectivity index (χ4v) is 6.22. The molecule has 2 aromatic rings. The van der Waals surface area contributed by atoms with Crippen LogP contribution in [0.1, 0.15) is 45.1 Å². The number of hydrogen-bond acceptors (Lipinski definition) is 5. The number of carbonyl (C=O) groups is 1. The fourth-order valence-electron chi connectivity index (χ4n) is 6.22. The lowest BCUT2D eigenvalue weighted by molar-refractivity contribution is -0.133. The van der Waals surface area contributed by atoms with Crippen molar-refractivity contribution in [3.63, 3.8) is 0 Å². The van der Waals surface area contributed by atoms with Crippen LogP contribution in [0.4, 0.5) is 15.8 Å². The summed E-state index contributed by atoms with van der Waals surface area (Å²) in [6.07, 6.45) is 3.73. The molecule has 0 aromatic heterocycles. The lowest BCUT2D eigenvalue weighted by atomic mass is 10.0. The average Bonchev–Trinajstić information content (AvgIpc) is 3.34. The van der Waals surface area contributed by atoms with E-state index in [-0.39, 0.29) is 23.8 Å². The Balaban J connectivity index is 1.15. The van der Waals surface area contributed by atoms with Crippen LogP contribution >= 0.6 is 0 Å². The summed E-state index contributed by atoms with van der Waals surface area (Å²) < 4.78 is 13.5. The summed E-state index contributed by atoms with van der Waals surface area (Å²) in [4.78, 5) is 20.3. The molecule has 194 valence electrons. The second-order valence-corrected chi connectivity index (χ2v) is 10.9. The molecule has 0 spiro atoms. The Morgan fingerprint density at radius 3 is 2.42 bits per heavy atom. The highest BCUT2D eigenvalue weighted by Gasteiger charge is 2.35. The molecule has 6 nitrogen and oxygen atoms in total. The molecular formula is C29H40FN5O. The maximum absolute atomic E-state index is 13.5. The minimum absolute atomic E-state index is 0.0709. The molecule has 5 rings (SSSR count). The number of piperazine rings is 1. The average molecular weight is 494 g/mol. The minimum atomic E-state index is -0.227. The van der Waals surface area contributed by atoms with Crippen LogP contribution in [0.2, 0.25) is 0 Å². The number of nitrogens with one attached hydrogen (secondary N) is 2. The van der Waals surface area contributed by atoms with Crippen LogP contribution < -0.4 is 15.5 Å². The number of carbonyl (C=O) groups excluding carboxylic acids is 1. The van der Waals surface area contributed by atoms with Gasteiger partial charge in [0, 0.05) is 68.8 Å². The quantitative estimate of drug-likeness (QED) is 0.635. The van der Waals surface area contributed by atoms with E-state index in [2.05, 4.69) is 58.5 Å². The molecule has 0 saturated carbocycles. The number of piperidine rings is 1. The number of halogens is 1. The van der Waals surface area contributed by atoms with Crippen LogP contribution in [0.5, 0.6) is 0 Å². The van der Waals surface area contributed by atoms with Gasteiger partial charge in [0.05, 0.1) is 0 Å². The Hall–Kier alpha value is -2.64. The van der Waals surface area contributed by atoms with Crippen molar-refractivity contribution in [3.8, 4) is 0 Å². The Morgan fingerprint density at radius 1 is 1.00 bits per heavy atom. The van der Waals surface area contributed by atoms with E-state index in [0.717, 1.165) is 76.3 Å². The molecule has 0 bridgehead atoms. The highest BCUT2D eigenvalue weighted by Crippen LogP contribution is 2.28. The summed E-state index contributed by atoms with van der Waals surface area (Å²) in [5.41, 5.74) is 3.29. The molecular weight excluding hydrogens is 453 g/mol. The largest absolute Gasteiger partial charge is 0.382 e. The molecule has 0 aliphatic carbocycles. The van der Waals surface area contributed by atoms with Gasteiger partial charge in [-0.3, -0.25) is 9.69 Å². The fraction of sp³-hybridized carbons (Fsp3) is 0.552. The molecule has 2 N–H and O–H groups in total. The van der Waals surface area contributed by atoms with Gasteiger partial charge in [-0.05, 0) is 75.4 Å². The lowest BCUT2D eigenvalue weighted by Gasteiger charge is -2.37. The van der Waals surface area contributed by atoms with E-state index in [0.29, 0.717) is 12.1 Å². The smallest absolute Gasteiger partial charge is 0.245 e. The summed E-state index contributed by atoms with van der Waals surface area (Å²) in [5.74, 6) is 0.0273. The topological polar surface area (TPSA) is 50.9 Å². The Labute approximate surface area is 214 Å². The highest BCUT2D eigenvalue weighted by atomic mass is 19.1. The van der Waals surface area contributed by atoms with Gasteiger partial charge in [-0.15, -0.1) is 0 Å². The number of nitrogens with zero attached hydrogens (tertiary/aromatic N) is 3. The number of rotatable bonds is 6. The maximum atomic E-state index is 13.5. The molecule has 1 amide bonds. The summed E-state index contributed by atoms with van der Waals surface area (Å²) in [6, 6.07) is 16.7. The Morgan fingerprint density at radius 2 is 1.72 bits per heavy atom. The van der Waals surface area contributed by atoms with Crippen LogP contribution in [-0.4, -0.2) is 72.6 Å². The van der Waals surface area contributed by atoms with Crippen molar-refractivity contribution in [1.29, 1.82) is 0 Å². The van der Waals surface area contributed by atoms with Crippen molar-refractivity contribution in [3.05, 3.63) is 59.9 Å². The van der Waals surface area contributed by atoms with Crippen LogP contribution in [0.25, 0.3) is 0 Å². The van der Waals surface area contributed by atoms with Crippen LogP contribution in [0.3, 0.4) is 0 Å². The zero-order chi connectivity index (χ0) is 25.1. The Bertz CT molecular complexity index is 1010. The van der Waals surface area contributed by atoms with E-state index in [1.54, 1.807) is 6.07 Å². The van der Waals surface area contributed by atoms with Crippen molar-refractivity contribution in [2.24, 2.45) is 0 Å². The van der Waals surface area contributed by atoms with Crippen LogP contribution in [0.15, 0.2) is 48.5 Å². The first-order valence-corrected chi connectivity index (χ1v) is 13.6. The molecule has 36 heavy (non-hydrogen) atoms. The number of likely N-dealkylation sites (tertiary alicyclic amines) is 1. The first kappa shape index (κ1) is 25.0. The molecule has 3 saturated heterocycles. The molecule has 3 aliphatic heterocycles. The molecule has 7 heteroatoms. The highest BCUT2D eigenvalue weighted by molar-refractivity contribution is 5.86. The molecule has 1 unspecified atom stereocenters. The summed E-state index contributed by atoms with van der Waals surface area (Å²) in [6.45, 7) is 10.0. The predicted octanol–water partition coefficient (Wildman–Crippen LogP) is 4.08. The SMILES string of the molecule is C[C@@H]1CN(Cc2ccc(N3CCCC3C(=O)N3CCC(Nc4cccc(F)c4)CC3)cc2)C[C@H](C)N1. The second-order valence-electron chi connectivity index (χ2n) is 10.9. The minimum Gasteiger partial charge on any atom is -0.382 e. The van der Waals surface area contributed by atoms with E-state index >= 15 is 0 Å². The van der Waals surface area contributed by atoms with Gasteiger partial charge in [0.25, 0.3) is 0 Å². The third kappa shape index (κ3) is 6.01. The first-order valence-electron chi connectivity index (χ1n) is 13.6. The number of amides is 1. The predicted molar refractivity (Wildman–Crippen MR) is 144 cm³/mol. The van der Waals surface area contributed by atoms with Crippen molar-refractivity contribution >= 4 is 17.3 Å². The van der Waals surface area contributed by atoms with E-state index in [1.807, 2.05) is 11.0 Å². The Kier molecular flexibility index (Phi) is 7.77. The number of hydrogen-bond donors (Lipinski definition) is 2. The first-order chi connectivity index (χ1) is 17.4. The monoisotopic (exact) mass is 493 g/mol. The van der Waals surface area contributed by atoms with Crippen molar-refractivity contribution in [2.75, 3.05) is 42.9 Å². The van der Waals surface area contributed by atoms with E-state index in [1.165, 1.54) is 17.7 Å². The summed E-state index contributed by atoms with van der Waals surface area (Å²) in [7, 11) is 0. The van der Waals surface area contributed by atoms with E-state index < -0.39 is 0 Å². The third-order valence-electron chi connectivity index (χ3n) is 7.85. The van der Waals surface area contributed by atoms with Crippen molar-refractivity contribution in [1.82, 2.24) is 15.1 Å². The molecule has 2 aromatic carbocycles. The number of anilines is 2. The molecule has 3 aliphatic rings. The van der Waals surface area contributed by atoms with Gasteiger partial charge >= 0.3 is 0 Å². The summed E-state index contributed by atoms with van der Waals surface area (Å²) in [5, 5.41) is 7.03. The lowest BCUT2D eigenvalue weighted by Crippen LogP contribution is -2.53. The van der Waals surface area contributed by atoms with E-state index in [9.17, 15) is 9.18 Å². The van der Waals surface area contributed by atoms with Crippen molar-refractivity contribution in [2.45, 2.75) is 70.2 Å². The normalized spacial score (nSPS) is 25.8. The second kappa shape index (κ2) is 11.2. The van der Waals surface area contributed by atoms with E-state index in [4.69, 9.17) is 0 Å². The van der Waals surface area contributed by atoms with Crippen LogP contribution in [0, 0.1) is 5.82 Å². The van der Waals surface area contributed by atoms with Gasteiger partial charge in [0.1, 0.15) is 11.9 Å². The molecule has 3 heterocycles. The molecule has 3 fully saturated rings. The van der Waals surface area contributed by atoms with Gasteiger partial charge in [-0.1, -0.05) is 18.2 Å². The van der Waals surface area contributed by atoms with Gasteiger partial charge < -0.3 is 20.4 Å². The van der Waals surface area contributed by atoms with Gasteiger partial charge in [-0.2, -0.15) is 0 Å². The zero-order valence-electron chi connectivity index (χ0n) is 21.6. The van der Waals surface area contributed by atoms with Crippen molar-refractivity contribution < 1.29 is 9.18 Å².